The molecule has 1 aliphatic heterocycles. The van der Waals surface area contributed by atoms with Crippen LogP contribution in [0.1, 0.15) is 67.9 Å². The number of amides is 1. The van der Waals surface area contributed by atoms with Crippen LogP contribution in [0.25, 0.3) is 11.3 Å². The van der Waals surface area contributed by atoms with E-state index in [0.29, 0.717) is 37.9 Å². The number of aliphatic hydroxyl groups is 1. The summed E-state index contributed by atoms with van der Waals surface area (Å²) < 4.78 is 7.38. The fourth-order valence-corrected chi connectivity index (χ4v) is 4.74. The number of hydrogen-bond donors (Lipinski definition) is 3. The molecule has 12 heteroatoms. The Labute approximate surface area is 232 Å². The number of benzene rings is 1. The fraction of sp³-hybridized carbons (Fsp3) is 0.429. The van der Waals surface area contributed by atoms with Gasteiger partial charge < -0.3 is 20.2 Å². The highest BCUT2D eigenvalue weighted by molar-refractivity contribution is 5.89. The van der Waals surface area contributed by atoms with Gasteiger partial charge in [0, 0.05) is 50.1 Å². The number of carbonyl (C=O) groups excluding carboxylic acids is 1. The van der Waals surface area contributed by atoms with Crippen molar-refractivity contribution in [1.82, 2.24) is 40.2 Å². The van der Waals surface area contributed by atoms with Crippen molar-refractivity contribution in [2.45, 2.75) is 58.2 Å². The third-order valence-corrected chi connectivity index (χ3v) is 6.65. The zero-order valence-electron chi connectivity index (χ0n) is 23.4. The maximum absolute atomic E-state index is 13.1. The van der Waals surface area contributed by atoms with Crippen molar-refractivity contribution in [1.29, 1.82) is 0 Å². The number of hydrogen-bond acceptors (Lipinski definition) is 10. The van der Waals surface area contributed by atoms with Gasteiger partial charge in [-0.2, -0.15) is 5.10 Å². The Morgan fingerprint density at radius 3 is 2.77 bits per heavy atom. The van der Waals surface area contributed by atoms with Crippen LogP contribution in [0, 0.1) is 0 Å². The normalized spacial score (nSPS) is 16.7. The lowest BCUT2D eigenvalue weighted by Gasteiger charge is -2.22. The molecule has 1 aliphatic rings. The Kier molecular flexibility index (Phi) is 7.63. The minimum absolute atomic E-state index is 0.0530. The molecule has 0 aliphatic carbocycles. The molecule has 0 unspecified atom stereocenters. The first-order valence-corrected chi connectivity index (χ1v) is 13.3. The highest BCUT2D eigenvalue weighted by Crippen LogP contribution is 2.31. The molecule has 4 aromatic rings. The third-order valence-electron chi connectivity index (χ3n) is 6.65. The second-order valence-electron chi connectivity index (χ2n) is 11.3. The number of carbonyl (C=O) groups is 1. The largest absolute Gasteiger partial charge is 0.416 e. The number of anilines is 2. The van der Waals surface area contributed by atoms with E-state index in [2.05, 4.69) is 41.9 Å². The van der Waals surface area contributed by atoms with E-state index in [4.69, 9.17) is 9.40 Å². The number of nitrogens with zero attached hydrogens (tertiary/aromatic N) is 7. The maximum Gasteiger partial charge on any atom is 0.309 e. The van der Waals surface area contributed by atoms with E-state index in [1.165, 1.54) is 0 Å². The molecular weight excluding hydrogens is 510 g/mol. The summed E-state index contributed by atoms with van der Waals surface area (Å²) in [5.41, 5.74) is 4.17. The second kappa shape index (κ2) is 11.1. The molecule has 1 amide bonds. The van der Waals surface area contributed by atoms with Gasteiger partial charge in [0.15, 0.2) is 0 Å². The first kappa shape index (κ1) is 27.4. The highest BCUT2D eigenvalue weighted by Gasteiger charge is 2.28. The molecule has 12 nitrogen and oxygen atoms in total. The predicted octanol–water partition coefficient (Wildman–Crippen LogP) is 3.36. The summed E-state index contributed by atoms with van der Waals surface area (Å²) in [6.45, 7) is 9.48. The second-order valence-corrected chi connectivity index (χ2v) is 11.3. The molecule has 210 valence electrons. The Morgan fingerprint density at radius 1 is 1.25 bits per heavy atom. The molecular formula is C28H35N9O3. The summed E-state index contributed by atoms with van der Waals surface area (Å²) in [6, 6.07) is 7.72. The van der Waals surface area contributed by atoms with Crippen LogP contribution in [0.4, 0.5) is 11.6 Å². The summed E-state index contributed by atoms with van der Waals surface area (Å²) in [5, 5.41) is 28.6. The molecule has 0 radical (unpaired) electrons. The molecule has 0 saturated heterocycles. The van der Waals surface area contributed by atoms with E-state index in [0.717, 1.165) is 28.1 Å². The monoisotopic (exact) mass is 545 g/mol. The van der Waals surface area contributed by atoms with Crippen LogP contribution in [0.3, 0.4) is 0 Å². The number of fused-ring (bicyclic) bond motifs is 1. The number of β-amino-alcohol motifs (C(OH)–C–C–N with tert-alkyl or cyclic N) is 1. The molecule has 0 fully saturated rings. The van der Waals surface area contributed by atoms with Crippen LogP contribution in [-0.4, -0.2) is 65.1 Å². The van der Waals surface area contributed by atoms with Gasteiger partial charge in [0.05, 0.1) is 29.7 Å². The summed E-state index contributed by atoms with van der Waals surface area (Å²) in [7, 11) is 1.85. The van der Waals surface area contributed by atoms with Gasteiger partial charge in [0.2, 0.25) is 11.8 Å². The lowest BCUT2D eigenvalue weighted by Crippen LogP contribution is -2.32. The quantitative estimate of drug-likeness (QED) is 0.316. The van der Waals surface area contributed by atoms with Gasteiger partial charge in [-0.15, -0.1) is 10.2 Å². The van der Waals surface area contributed by atoms with Gasteiger partial charge in [0.1, 0.15) is 0 Å². The van der Waals surface area contributed by atoms with Crippen molar-refractivity contribution < 1.29 is 14.3 Å². The van der Waals surface area contributed by atoms with Crippen LogP contribution in [0.15, 0.2) is 47.3 Å². The van der Waals surface area contributed by atoms with Crippen molar-refractivity contribution in [3.8, 4) is 11.3 Å². The lowest BCUT2D eigenvalue weighted by molar-refractivity contribution is 0.0889. The molecule has 5 rings (SSSR count). The first-order chi connectivity index (χ1) is 19.0. The molecule has 0 spiro atoms. The van der Waals surface area contributed by atoms with Gasteiger partial charge >= 0.3 is 11.8 Å². The van der Waals surface area contributed by atoms with Crippen molar-refractivity contribution in [2.75, 3.05) is 18.4 Å². The fourth-order valence-electron chi connectivity index (χ4n) is 4.74. The molecule has 0 saturated carbocycles. The van der Waals surface area contributed by atoms with Crippen molar-refractivity contribution in [2.24, 2.45) is 7.05 Å². The van der Waals surface area contributed by atoms with E-state index in [1.54, 1.807) is 24.0 Å². The minimum Gasteiger partial charge on any atom is -0.416 e. The molecule has 2 atom stereocenters. The highest BCUT2D eigenvalue weighted by atomic mass is 16.4. The Hall–Kier alpha value is -4.16. The van der Waals surface area contributed by atoms with Crippen LogP contribution in [0.5, 0.6) is 0 Å². The van der Waals surface area contributed by atoms with Gasteiger partial charge in [-0.05, 0) is 36.6 Å². The zero-order chi connectivity index (χ0) is 28.4. The van der Waals surface area contributed by atoms with E-state index in [-0.39, 0.29) is 17.3 Å². The molecule has 4 heterocycles. The van der Waals surface area contributed by atoms with Crippen molar-refractivity contribution in [3.63, 3.8) is 0 Å². The molecule has 3 N–H and O–H groups in total. The average Bonchev–Trinajstić information content (AvgIpc) is 3.52. The van der Waals surface area contributed by atoms with Crippen LogP contribution >= 0.6 is 0 Å². The Bertz CT molecular complexity index is 1490. The number of aliphatic hydroxyl groups excluding tert-OH is 1. The van der Waals surface area contributed by atoms with E-state index < -0.39 is 12.0 Å². The number of aryl methyl sites for hydroxylation is 1. The topological polar surface area (TPSA) is 147 Å². The van der Waals surface area contributed by atoms with Crippen molar-refractivity contribution in [3.05, 3.63) is 65.8 Å². The summed E-state index contributed by atoms with van der Waals surface area (Å²) in [4.78, 5) is 24.4. The van der Waals surface area contributed by atoms with E-state index in [9.17, 15) is 9.90 Å². The SMILES string of the molecule is C[C@@H](O)CN1CC[C@H](NC(=O)c2nnc(C(C)(C)C)o2)c2ccc(-c3ccnc(Nc4cnn(C)c4)n3)cc2C1. The molecule has 0 bridgehead atoms. The van der Waals surface area contributed by atoms with E-state index >= 15 is 0 Å². The molecule has 3 aromatic heterocycles. The smallest absolute Gasteiger partial charge is 0.309 e. The standard InChI is InChI=1S/C28H35N9O3/c1-17(38)14-37-11-9-23(32-24(39)25-34-35-26(40-25)28(2,3)4)21-7-6-18(12-19(21)15-37)22-8-10-29-27(33-22)31-20-13-30-36(5)16-20/h6-8,10,12-13,16-17,23,38H,9,11,14-15H2,1-5H3,(H,32,39)(H,29,31,33)/t17-,23+/m1/s1. The van der Waals surface area contributed by atoms with E-state index in [1.807, 2.05) is 52.2 Å². The third kappa shape index (κ3) is 6.35. The molecule has 1 aromatic carbocycles. The number of rotatable bonds is 7. The molecule has 40 heavy (non-hydrogen) atoms. The van der Waals surface area contributed by atoms with Gasteiger partial charge in [-0.3, -0.25) is 14.4 Å². The minimum atomic E-state index is -0.477. The lowest BCUT2D eigenvalue weighted by atomic mass is 9.96. The van der Waals surface area contributed by atoms with Gasteiger partial charge in [-0.25, -0.2) is 9.97 Å². The Balaban J connectivity index is 1.42. The number of nitrogens with one attached hydrogen (secondary N) is 2. The maximum atomic E-state index is 13.1. The van der Waals surface area contributed by atoms with Gasteiger partial charge in [-0.1, -0.05) is 32.9 Å². The number of aromatic nitrogens is 6. The predicted molar refractivity (Wildman–Crippen MR) is 149 cm³/mol. The zero-order valence-corrected chi connectivity index (χ0v) is 23.4. The van der Waals surface area contributed by atoms with Crippen LogP contribution in [-0.2, 0) is 19.0 Å². The first-order valence-electron chi connectivity index (χ1n) is 13.3. The summed E-state index contributed by atoms with van der Waals surface area (Å²) >= 11 is 0. The van der Waals surface area contributed by atoms with Crippen LogP contribution < -0.4 is 10.6 Å². The summed E-state index contributed by atoms with van der Waals surface area (Å²) in [6.07, 6.45) is 5.46. The van der Waals surface area contributed by atoms with Crippen LogP contribution in [0.2, 0.25) is 0 Å². The van der Waals surface area contributed by atoms with Crippen molar-refractivity contribution >= 4 is 17.5 Å². The van der Waals surface area contributed by atoms with Gasteiger partial charge in [0.25, 0.3) is 0 Å². The average molecular weight is 546 g/mol. The summed E-state index contributed by atoms with van der Waals surface area (Å²) in [5.74, 6) is 0.418. The Morgan fingerprint density at radius 2 is 2.08 bits per heavy atom.